The van der Waals surface area contributed by atoms with Crippen molar-refractivity contribution >= 4 is 11.9 Å². The standard InChI is InChI=1S/C19H19N3O3/c1-3-25-19(24)17(11-14-7-5-4-6-8-14)22-18(23)16-10-9-15(12-20)13(2)21-16/h4-10,17H,3,11H2,1-2H3,(H,22,23). The molecular formula is C19H19N3O3. The van der Waals surface area contributed by atoms with Crippen LogP contribution in [0.5, 0.6) is 0 Å². The summed E-state index contributed by atoms with van der Waals surface area (Å²) in [7, 11) is 0. The lowest BCUT2D eigenvalue weighted by Gasteiger charge is -2.17. The van der Waals surface area contributed by atoms with E-state index in [4.69, 9.17) is 10.00 Å². The molecule has 0 aliphatic rings. The Balaban J connectivity index is 2.17. The van der Waals surface area contributed by atoms with Crippen LogP contribution in [-0.4, -0.2) is 29.5 Å². The van der Waals surface area contributed by atoms with E-state index in [1.54, 1.807) is 13.8 Å². The van der Waals surface area contributed by atoms with Crippen LogP contribution in [0, 0.1) is 18.3 Å². The summed E-state index contributed by atoms with van der Waals surface area (Å²) in [6.07, 6.45) is 0.320. The average molecular weight is 337 g/mol. The van der Waals surface area contributed by atoms with Crippen LogP contribution in [0.15, 0.2) is 42.5 Å². The number of amides is 1. The van der Waals surface area contributed by atoms with Crippen LogP contribution in [-0.2, 0) is 16.0 Å². The van der Waals surface area contributed by atoms with Crippen LogP contribution in [0.3, 0.4) is 0 Å². The smallest absolute Gasteiger partial charge is 0.328 e. The van der Waals surface area contributed by atoms with Crippen LogP contribution in [0.4, 0.5) is 0 Å². The Morgan fingerprint density at radius 3 is 2.56 bits per heavy atom. The number of carbonyl (C=O) groups is 2. The number of esters is 1. The third-order valence-corrected chi connectivity index (χ3v) is 3.60. The van der Waals surface area contributed by atoms with Crippen LogP contribution in [0.1, 0.15) is 34.2 Å². The zero-order valence-corrected chi connectivity index (χ0v) is 14.2. The fourth-order valence-corrected chi connectivity index (χ4v) is 2.32. The lowest BCUT2D eigenvalue weighted by atomic mass is 10.1. The van der Waals surface area contributed by atoms with Crippen molar-refractivity contribution in [1.82, 2.24) is 10.3 Å². The number of nitrogens with one attached hydrogen (secondary N) is 1. The van der Waals surface area contributed by atoms with Gasteiger partial charge in [-0.2, -0.15) is 5.26 Å². The highest BCUT2D eigenvalue weighted by Crippen LogP contribution is 2.08. The predicted octanol–water partition coefficient (Wildman–Crippen LogP) is 2.17. The Labute approximate surface area is 146 Å². The summed E-state index contributed by atoms with van der Waals surface area (Å²) >= 11 is 0. The molecule has 0 aliphatic carbocycles. The Hall–Kier alpha value is -3.20. The molecule has 6 nitrogen and oxygen atoms in total. The normalized spacial score (nSPS) is 11.2. The van der Waals surface area contributed by atoms with Crippen molar-refractivity contribution in [3.63, 3.8) is 0 Å². The highest BCUT2D eigenvalue weighted by molar-refractivity contribution is 5.95. The van der Waals surface area contributed by atoms with Crippen molar-refractivity contribution in [2.75, 3.05) is 6.61 Å². The second-order valence-corrected chi connectivity index (χ2v) is 5.41. The number of aromatic nitrogens is 1. The first-order valence-electron chi connectivity index (χ1n) is 7.94. The van der Waals surface area contributed by atoms with E-state index in [0.29, 0.717) is 17.7 Å². The Morgan fingerprint density at radius 2 is 1.96 bits per heavy atom. The van der Waals surface area contributed by atoms with Gasteiger partial charge in [0.15, 0.2) is 0 Å². The molecule has 2 aromatic rings. The van der Waals surface area contributed by atoms with Crippen molar-refractivity contribution in [3.05, 3.63) is 65.0 Å². The van der Waals surface area contributed by atoms with E-state index in [9.17, 15) is 9.59 Å². The van der Waals surface area contributed by atoms with Crippen molar-refractivity contribution in [2.24, 2.45) is 0 Å². The first kappa shape index (κ1) is 18.1. The number of carbonyl (C=O) groups excluding carboxylic acids is 2. The van der Waals surface area contributed by atoms with Gasteiger partial charge >= 0.3 is 5.97 Å². The van der Waals surface area contributed by atoms with Crippen LogP contribution < -0.4 is 5.32 Å². The number of hydrogen-bond donors (Lipinski definition) is 1. The Bertz CT molecular complexity index is 797. The summed E-state index contributed by atoms with van der Waals surface area (Å²) in [5.41, 5.74) is 1.93. The van der Waals surface area contributed by atoms with E-state index in [1.165, 1.54) is 12.1 Å². The topological polar surface area (TPSA) is 92.1 Å². The van der Waals surface area contributed by atoms with Crippen LogP contribution in [0.25, 0.3) is 0 Å². The zero-order valence-electron chi connectivity index (χ0n) is 14.2. The minimum absolute atomic E-state index is 0.152. The van der Waals surface area contributed by atoms with Gasteiger partial charge < -0.3 is 10.1 Å². The van der Waals surface area contributed by atoms with Gasteiger partial charge in [0, 0.05) is 6.42 Å². The van der Waals surface area contributed by atoms with Gasteiger partial charge in [-0.05, 0) is 31.5 Å². The zero-order chi connectivity index (χ0) is 18.2. The lowest BCUT2D eigenvalue weighted by molar-refractivity contribution is -0.145. The summed E-state index contributed by atoms with van der Waals surface area (Å²) in [5, 5.41) is 11.6. The summed E-state index contributed by atoms with van der Waals surface area (Å²) in [6.45, 7) is 3.60. The molecule has 0 aliphatic heterocycles. The fraction of sp³-hybridized carbons (Fsp3) is 0.263. The molecule has 1 aromatic carbocycles. The first-order chi connectivity index (χ1) is 12.0. The molecule has 0 spiro atoms. The van der Waals surface area contributed by atoms with E-state index in [2.05, 4.69) is 10.3 Å². The molecule has 0 saturated heterocycles. The van der Waals surface area contributed by atoms with Gasteiger partial charge in [-0.25, -0.2) is 9.78 Å². The number of benzene rings is 1. The molecule has 0 bridgehead atoms. The minimum Gasteiger partial charge on any atom is -0.464 e. The van der Waals surface area contributed by atoms with Gasteiger partial charge in [0.2, 0.25) is 0 Å². The van der Waals surface area contributed by atoms with E-state index < -0.39 is 17.9 Å². The highest BCUT2D eigenvalue weighted by atomic mass is 16.5. The van der Waals surface area contributed by atoms with Crippen molar-refractivity contribution in [3.8, 4) is 6.07 Å². The molecule has 0 fully saturated rings. The molecule has 1 atom stereocenters. The molecule has 0 radical (unpaired) electrons. The number of nitrogens with zero attached hydrogens (tertiary/aromatic N) is 2. The number of rotatable bonds is 6. The molecule has 1 aromatic heterocycles. The molecule has 25 heavy (non-hydrogen) atoms. The second-order valence-electron chi connectivity index (χ2n) is 5.41. The van der Waals surface area contributed by atoms with Gasteiger partial charge in [-0.15, -0.1) is 0 Å². The van der Waals surface area contributed by atoms with Gasteiger partial charge in [-0.1, -0.05) is 30.3 Å². The maximum Gasteiger partial charge on any atom is 0.328 e. The molecule has 1 heterocycles. The third kappa shape index (κ3) is 4.88. The van der Waals surface area contributed by atoms with Gasteiger partial charge in [0.1, 0.15) is 17.8 Å². The number of nitriles is 1. The SMILES string of the molecule is CCOC(=O)C(Cc1ccccc1)NC(=O)c1ccc(C#N)c(C)n1. The number of hydrogen-bond acceptors (Lipinski definition) is 5. The molecular weight excluding hydrogens is 318 g/mol. The number of ether oxygens (including phenoxy) is 1. The quantitative estimate of drug-likeness (QED) is 0.816. The first-order valence-corrected chi connectivity index (χ1v) is 7.94. The third-order valence-electron chi connectivity index (χ3n) is 3.60. The summed E-state index contributed by atoms with van der Waals surface area (Å²) in [6, 6.07) is 13.6. The Morgan fingerprint density at radius 1 is 1.24 bits per heavy atom. The van der Waals surface area contributed by atoms with Crippen LogP contribution in [0.2, 0.25) is 0 Å². The monoisotopic (exact) mass is 337 g/mol. The molecule has 128 valence electrons. The van der Waals surface area contributed by atoms with E-state index in [-0.39, 0.29) is 12.3 Å². The second kappa shape index (κ2) is 8.60. The van der Waals surface area contributed by atoms with Gasteiger partial charge in [0.25, 0.3) is 5.91 Å². The van der Waals surface area contributed by atoms with Crippen molar-refractivity contribution in [1.29, 1.82) is 5.26 Å². The summed E-state index contributed by atoms with van der Waals surface area (Å²) in [4.78, 5) is 28.7. The van der Waals surface area contributed by atoms with Gasteiger partial charge in [0.05, 0.1) is 17.9 Å². The Kier molecular flexibility index (Phi) is 6.24. The lowest BCUT2D eigenvalue weighted by Crippen LogP contribution is -2.43. The highest BCUT2D eigenvalue weighted by Gasteiger charge is 2.23. The van der Waals surface area contributed by atoms with E-state index in [0.717, 1.165) is 5.56 Å². The maximum atomic E-state index is 12.4. The van der Waals surface area contributed by atoms with Crippen molar-refractivity contribution < 1.29 is 14.3 Å². The molecule has 6 heteroatoms. The van der Waals surface area contributed by atoms with Crippen molar-refractivity contribution in [2.45, 2.75) is 26.3 Å². The molecule has 1 unspecified atom stereocenters. The molecule has 1 N–H and O–H groups in total. The number of aryl methyl sites for hydroxylation is 1. The largest absolute Gasteiger partial charge is 0.464 e. The maximum absolute atomic E-state index is 12.4. The van der Waals surface area contributed by atoms with E-state index >= 15 is 0 Å². The summed E-state index contributed by atoms with van der Waals surface area (Å²) < 4.78 is 5.06. The molecule has 0 saturated carbocycles. The fourth-order valence-electron chi connectivity index (χ4n) is 2.32. The van der Waals surface area contributed by atoms with Gasteiger partial charge in [-0.3, -0.25) is 4.79 Å². The number of pyridine rings is 1. The summed E-state index contributed by atoms with van der Waals surface area (Å²) in [5.74, 6) is -0.980. The van der Waals surface area contributed by atoms with E-state index in [1.807, 2.05) is 36.4 Å². The molecule has 2 rings (SSSR count). The minimum atomic E-state index is -0.812. The average Bonchev–Trinajstić information content (AvgIpc) is 2.62. The molecule has 1 amide bonds. The predicted molar refractivity (Wildman–Crippen MR) is 91.7 cm³/mol. The van der Waals surface area contributed by atoms with Crippen LogP contribution >= 0.6 is 0 Å².